The van der Waals surface area contributed by atoms with Crippen molar-refractivity contribution in [1.82, 2.24) is 30.3 Å². The van der Waals surface area contributed by atoms with Crippen molar-refractivity contribution in [3.8, 4) is 5.69 Å². The average molecular weight is 631 g/mol. The lowest BCUT2D eigenvalue weighted by Crippen LogP contribution is -2.56. The van der Waals surface area contributed by atoms with Gasteiger partial charge in [0.2, 0.25) is 11.8 Å². The smallest absolute Gasteiger partial charge is 0.408 e. The highest BCUT2D eigenvalue weighted by atomic mass is 28.4. The minimum atomic E-state index is -2.17. The number of carbonyl (C=O) groups excluding carboxylic acids is 3. The highest BCUT2D eigenvalue weighted by Crippen LogP contribution is 2.37. The average Bonchev–Trinajstić information content (AvgIpc) is 3.58. The molecule has 4 atom stereocenters. The monoisotopic (exact) mass is 630 g/mol. The molecule has 0 bridgehead atoms. The molecule has 1 saturated heterocycles. The summed E-state index contributed by atoms with van der Waals surface area (Å²) in [6, 6.07) is 5.21. The van der Waals surface area contributed by atoms with Crippen molar-refractivity contribution in [1.29, 1.82) is 0 Å². The lowest BCUT2D eigenvalue weighted by atomic mass is 10.0. The number of rotatable bonds is 10. The third kappa shape index (κ3) is 9.11. The number of alkyl carbamates (subject to hydrolysis) is 1. The van der Waals surface area contributed by atoms with E-state index in [1.807, 2.05) is 24.3 Å². The molecule has 0 aliphatic carbocycles. The van der Waals surface area contributed by atoms with E-state index in [2.05, 4.69) is 54.6 Å². The summed E-state index contributed by atoms with van der Waals surface area (Å²) < 4.78 is 13.5. The molecule has 244 valence electrons. The summed E-state index contributed by atoms with van der Waals surface area (Å²) in [6.07, 6.45) is 1.54. The van der Waals surface area contributed by atoms with Gasteiger partial charge in [-0.05, 0) is 62.5 Å². The van der Waals surface area contributed by atoms with Crippen LogP contribution in [0.3, 0.4) is 0 Å². The van der Waals surface area contributed by atoms with E-state index in [1.165, 1.54) is 11.2 Å². The van der Waals surface area contributed by atoms with Gasteiger partial charge in [0.05, 0.1) is 24.4 Å². The number of amides is 3. The Bertz CT molecular complexity index is 1270. The van der Waals surface area contributed by atoms with Crippen LogP contribution in [0.4, 0.5) is 4.79 Å². The van der Waals surface area contributed by atoms with Gasteiger partial charge in [0.25, 0.3) is 0 Å². The zero-order valence-corrected chi connectivity index (χ0v) is 28.7. The molecule has 3 N–H and O–H groups in total. The van der Waals surface area contributed by atoms with E-state index in [0.717, 1.165) is 11.3 Å². The van der Waals surface area contributed by atoms with Crippen molar-refractivity contribution in [2.75, 3.05) is 13.2 Å². The molecular formula is C31H50N6O6Si. The lowest BCUT2D eigenvalue weighted by Gasteiger charge is -2.37. The van der Waals surface area contributed by atoms with Crippen LogP contribution in [0.5, 0.6) is 0 Å². The summed E-state index contributed by atoms with van der Waals surface area (Å²) in [4.78, 5) is 45.5. The molecule has 0 saturated carbocycles. The number of hydrogen-bond acceptors (Lipinski definition) is 8. The fraction of sp³-hybridized carbons (Fsp3) is 0.645. The van der Waals surface area contributed by atoms with Crippen molar-refractivity contribution in [2.24, 2.45) is 5.92 Å². The van der Waals surface area contributed by atoms with Gasteiger partial charge in [0, 0.05) is 13.0 Å². The second kappa shape index (κ2) is 13.8. The quantitative estimate of drug-likeness (QED) is 0.334. The van der Waals surface area contributed by atoms with Gasteiger partial charge < -0.3 is 29.8 Å². The molecule has 2 aromatic rings. The minimum Gasteiger partial charge on any atom is -0.444 e. The second-order valence-corrected chi connectivity index (χ2v) is 19.1. The Kier molecular flexibility index (Phi) is 11.0. The van der Waals surface area contributed by atoms with Crippen molar-refractivity contribution in [2.45, 2.75) is 110 Å². The zero-order valence-electron chi connectivity index (χ0n) is 27.7. The van der Waals surface area contributed by atoms with Crippen LogP contribution in [0.2, 0.25) is 18.1 Å². The zero-order chi connectivity index (χ0) is 33.0. The highest BCUT2D eigenvalue weighted by molar-refractivity contribution is 6.74. The lowest BCUT2D eigenvalue weighted by molar-refractivity contribution is -0.141. The molecule has 0 spiro atoms. The fourth-order valence-electron chi connectivity index (χ4n) is 4.63. The molecule has 1 aliphatic heterocycles. The number of hydrogen-bond donors (Lipinski definition) is 3. The van der Waals surface area contributed by atoms with Crippen molar-refractivity contribution >= 4 is 26.2 Å². The summed E-state index contributed by atoms with van der Waals surface area (Å²) in [5.41, 5.74) is 0.897. The maximum atomic E-state index is 13.9. The highest BCUT2D eigenvalue weighted by Gasteiger charge is 2.43. The van der Waals surface area contributed by atoms with E-state index in [-0.39, 0.29) is 30.5 Å². The Balaban J connectivity index is 1.84. The molecule has 1 aromatic heterocycles. The number of benzene rings is 1. The van der Waals surface area contributed by atoms with E-state index in [0.29, 0.717) is 0 Å². The van der Waals surface area contributed by atoms with Gasteiger partial charge in [-0.25, -0.2) is 14.5 Å². The van der Waals surface area contributed by atoms with Gasteiger partial charge >= 0.3 is 6.09 Å². The minimum absolute atomic E-state index is 0.0200. The number of aliphatic hydroxyl groups is 1. The van der Waals surface area contributed by atoms with Crippen LogP contribution in [0.15, 0.2) is 36.9 Å². The Morgan fingerprint density at radius 3 is 2.23 bits per heavy atom. The Labute approximate surface area is 262 Å². The van der Waals surface area contributed by atoms with E-state index in [9.17, 15) is 19.5 Å². The molecule has 13 heteroatoms. The van der Waals surface area contributed by atoms with Crippen LogP contribution >= 0.6 is 0 Å². The molecule has 2 heterocycles. The summed E-state index contributed by atoms with van der Waals surface area (Å²) in [7, 11) is -2.17. The van der Waals surface area contributed by atoms with Crippen LogP contribution in [0.25, 0.3) is 5.69 Å². The maximum Gasteiger partial charge on any atom is 0.408 e. The van der Waals surface area contributed by atoms with Crippen molar-refractivity contribution in [3.63, 3.8) is 0 Å². The van der Waals surface area contributed by atoms with Crippen LogP contribution in [-0.2, 0) is 18.8 Å². The first kappa shape index (κ1) is 35.2. The van der Waals surface area contributed by atoms with E-state index >= 15 is 0 Å². The Hall–Kier alpha value is -3.29. The van der Waals surface area contributed by atoms with Crippen LogP contribution in [0, 0.1) is 5.92 Å². The Morgan fingerprint density at radius 2 is 1.70 bits per heavy atom. The van der Waals surface area contributed by atoms with E-state index < -0.39 is 56.1 Å². The molecule has 1 aromatic carbocycles. The van der Waals surface area contributed by atoms with E-state index in [4.69, 9.17) is 9.16 Å². The van der Waals surface area contributed by atoms with Crippen LogP contribution in [0.1, 0.15) is 73.4 Å². The number of carbonyl (C=O) groups is 3. The molecule has 1 aliphatic rings. The predicted molar refractivity (Wildman–Crippen MR) is 170 cm³/mol. The van der Waals surface area contributed by atoms with Gasteiger partial charge in [-0.1, -0.05) is 46.8 Å². The number of ether oxygens (including phenoxy) is 1. The van der Waals surface area contributed by atoms with Gasteiger partial charge in [-0.15, -0.1) is 0 Å². The standard InChI is InChI=1S/C31H50N6O6Si/c1-20(2)26(35-29(41)43-30(3,4)5)28(40)36-16-23(38)15-25(36)27(39)34-24(17-42-44(9,10)31(6,7)8)21-11-13-22(14-12-21)37-19-32-18-33-37/h11-14,18-20,23-26,38H,15-17H2,1-10H3,(H,34,39)(H,35,41)/t23-,24+,25+,26+/m1/s1. The molecule has 1 fully saturated rings. The van der Waals surface area contributed by atoms with Gasteiger partial charge in [0.1, 0.15) is 30.3 Å². The van der Waals surface area contributed by atoms with Crippen molar-refractivity contribution in [3.05, 3.63) is 42.5 Å². The SMILES string of the molecule is CC(C)[C@H](NC(=O)OC(C)(C)C)C(=O)N1C[C@H](O)C[C@H]1C(=O)N[C@@H](CO[Si](C)(C)C(C)(C)C)c1ccc(-n2cncn2)cc1. The molecule has 0 unspecified atom stereocenters. The molecule has 3 amide bonds. The number of aliphatic hydroxyl groups excluding tert-OH is 1. The maximum absolute atomic E-state index is 13.9. The third-order valence-electron chi connectivity index (χ3n) is 8.18. The first-order chi connectivity index (χ1) is 20.3. The van der Waals surface area contributed by atoms with Crippen LogP contribution in [-0.4, -0.2) is 87.9 Å². The van der Waals surface area contributed by atoms with E-state index in [1.54, 1.807) is 45.6 Å². The van der Waals surface area contributed by atoms with Gasteiger partial charge in [0.15, 0.2) is 8.32 Å². The summed E-state index contributed by atoms with van der Waals surface area (Å²) in [5.74, 6) is -1.14. The molecule has 44 heavy (non-hydrogen) atoms. The topological polar surface area (TPSA) is 148 Å². The number of likely N-dealkylation sites (tertiary alicyclic amines) is 1. The molecular weight excluding hydrogens is 580 g/mol. The number of β-amino-alcohol motifs (C(OH)–C–C–N with tert-alkyl or cyclic N) is 1. The first-order valence-electron chi connectivity index (χ1n) is 15.2. The summed E-state index contributed by atoms with van der Waals surface area (Å²) in [6.45, 7) is 19.8. The summed E-state index contributed by atoms with van der Waals surface area (Å²) >= 11 is 0. The largest absolute Gasteiger partial charge is 0.444 e. The number of nitrogens with zero attached hydrogens (tertiary/aromatic N) is 4. The molecule has 3 rings (SSSR count). The summed E-state index contributed by atoms with van der Waals surface area (Å²) in [5, 5.41) is 20.5. The number of aromatic nitrogens is 3. The van der Waals surface area contributed by atoms with Gasteiger partial charge in [-0.3, -0.25) is 9.59 Å². The molecule has 0 radical (unpaired) electrons. The van der Waals surface area contributed by atoms with Crippen molar-refractivity contribution < 1.29 is 28.7 Å². The number of nitrogens with one attached hydrogen (secondary N) is 2. The van der Waals surface area contributed by atoms with Gasteiger partial charge in [-0.2, -0.15) is 5.10 Å². The first-order valence-corrected chi connectivity index (χ1v) is 18.1. The fourth-order valence-corrected chi connectivity index (χ4v) is 5.65. The third-order valence-corrected chi connectivity index (χ3v) is 12.7. The molecule has 12 nitrogen and oxygen atoms in total. The normalized spacial score (nSPS) is 19.0. The second-order valence-electron chi connectivity index (χ2n) is 14.3. The van der Waals surface area contributed by atoms with Crippen LogP contribution < -0.4 is 10.6 Å². The predicted octanol–water partition coefficient (Wildman–Crippen LogP) is 3.96. The Morgan fingerprint density at radius 1 is 1.07 bits per heavy atom.